The monoisotopic (exact) mass is 281 g/mol. The molecule has 0 unspecified atom stereocenters. The van der Waals surface area contributed by atoms with Gasteiger partial charge in [0.05, 0.1) is 6.61 Å². The van der Waals surface area contributed by atoms with Gasteiger partial charge in [0.1, 0.15) is 0 Å². The Kier molecular flexibility index (Phi) is 4.26. The molecule has 3 rings (SSSR count). The Morgan fingerprint density at radius 3 is 2.29 bits per heavy atom. The lowest BCUT2D eigenvalue weighted by molar-refractivity contribution is 0.185. The highest BCUT2D eigenvalue weighted by Gasteiger charge is 2.11. The van der Waals surface area contributed by atoms with E-state index in [2.05, 4.69) is 54.4 Å². The second-order valence-corrected chi connectivity index (χ2v) is 5.82. The van der Waals surface area contributed by atoms with Gasteiger partial charge in [-0.1, -0.05) is 18.2 Å². The number of fused-ring (bicyclic) bond motifs is 1. The first kappa shape index (κ1) is 14.2. The molecule has 0 aromatic heterocycles. The summed E-state index contributed by atoms with van der Waals surface area (Å²) in [7, 11) is 3.86. The molecule has 0 saturated carbocycles. The SMILES string of the molecule is COCc1ccc(N(C)c2ccc3c(c2)CCCC3)cc1. The molecule has 0 amide bonds. The van der Waals surface area contributed by atoms with Crippen LogP contribution in [0, 0.1) is 0 Å². The summed E-state index contributed by atoms with van der Waals surface area (Å²) in [5.74, 6) is 0. The van der Waals surface area contributed by atoms with Gasteiger partial charge in [0.25, 0.3) is 0 Å². The largest absolute Gasteiger partial charge is 0.380 e. The first-order chi connectivity index (χ1) is 10.3. The molecule has 2 aromatic carbocycles. The Labute approximate surface area is 127 Å². The van der Waals surface area contributed by atoms with Crippen LogP contribution < -0.4 is 4.90 Å². The van der Waals surface area contributed by atoms with Gasteiger partial charge in [-0.2, -0.15) is 0 Å². The summed E-state index contributed by atoms with van der Waals surface area (Å²) < 4.78 is 5.16. The predicted molar refractivity (Wildman–Crippen MR) is 88.3 cm³/mol. The van der Waals surface area contributed by atoms with Crippen molar-refractivity contribution in [3.05, 3.63) is 59.2 Å². The lowest BCUT2D eigenvalue weighted by atomic mass is 9.91. The van der Waals surface area contributed by atoms with Gasteiger partial charge in [-0.05, 0) is 66.6 Å². The van der Waals surface area contributed by atoms with Crippen LogP contribution in [-0.2, 0) is 24.2 Å². The lowest BCUT2D eigenvalue weighted by Gasteiger charge is -2.23. The van der Waals surface area contributed by atoms with Crippen LogP contribution in [0.25, 0.3) is 0 Å². The van der Waals surface area contributed by atoms with Gasteiger partial charge in [-0.15, -0.1) is 0 Å². The summed E-state index contributed by atoms with van der Waals surface area (Å²) in [5, 5.41) is 0. The molecule has 110 valence electrons. The molecule has 21 heavy (non-hydrogen) atoms. The number of anilines is 2. The van der Waals surface area contributed by atoms with E-state index in [0.29, 0.717) is 6.61 Å². The summed E-state index contributed by atoms with van der Waals surface area (Å²) in [6, 6.07) is 15.5. The van der Waals surface area contributed by atoms with Crippen LogP contribution in [-0.4, -0.2) is 14.2 Å². The predicted octanol–water partition coefficient (Wildman–Crippen LogP) is 4.48. The van der Waals surface area contributed by atoms with Crippen molar-refractivity contribution in [2.45, 2.75) is 32.3 Å². The average molecular weight is 281 g/mol. The van der Waals surface area contributed by atoms with E-state index in [4.69, 9.17) is 4.74 Å². The van der Waals surface area contributed by atoms with Gasteiger partial charge >= 0.3 is 0 Å². The normalized spacial score (nSPS) is 13.8. The maximum Gasteiger partial charge on any atom is 0.0713 e. The Hall–Kier alpha value is -1.80. The zero-order valence-electron chi connectivity index (χ0n) is 12.9. The second-order valence-electron chi connectivity index (χ2n) is 5.82. The number of aryl methyl sites for hydroxylation is 2. The van der Waals surface area contributed by atoms with Gasteiger partial charge in [-0.25, -0.2) is 0 Å². The molecule has 0 radical (unpaired) electrons. The number of hydrogen-bond acceptors (Lipinski definition) is 2. The maximum atomic E-state index is 5.16. The molecule has 2 heteroatoms. The van der Waals surface area contributed by atoms with Crippen molar-refractivity contribution in [2.75, 3.05) is 19.1 Å². The Morgan fingerprint density at radius 1 is 0.905 bits per heavy atom. The van der Waals surface area contributed by atoms with E-state index in [-0.39, 0.29) is 0 Å². The van der Waals surface area contributed by atoms with E-state index in [1.165, 1.54) is 53.7 Å². The van der Waals surface area contributed by atoms with Crippen molar-refractivity contribution in [2.24, 2.45) is 0 Å². The van der Waals surface area contributed by atoms with Gasteiger partial charge in [0.15, 0.2) is 0 Å². The van der Waals surface area contributed by atoms with Crippen molar-refractivity contribution < 1.29 is 4.74 Å². The van der Waals surface area contributed by atoms with Crippen molar-refractivity contribution in [3.63, 3.8) is 0 Å². The van der Waals surface area contributed by atoms with E-state index in [9.17, 15) is 0 Å². The number of benzene rings is 2. The lowest BCUT2D eigenvalue weighted by Crippen LogP contribution is -2.11. The highest BCUT2D eigenvalue weighted by Crippen LogP contribution is 2.29. The molecule has 0 bridgehead atoms. The van der Waals surface area contributed by atoms with Crippen LogP contribution in [0.5, 0.6) is 0 Å². The summed E-state index contributed by atoms with van der Waals surface area (Å²) in [6.07, 6.45) is 5.13. The fourth-order valence-electron chi connectivity index (χ4n) is 3.06. The Bertz CT molecular complexity index is 603. The summed E-state index contributed by atoms with van der Waals surface area (Å²) in [5.41, 5.74) is 6.76. The van der Waals surface area contributed by atoms with E-state index >= 15 is 0 Å². The second kappa shape index (κ2) is 6.31. The quantitative estimate of drug-likeness (QED) is 0.819. The molecule has 1 aliphatic rings. The van der Waals surface area contributed by atoms with Crippen molar-refractivity contribution >= 4 is 11.4 Å². The number of nitrogens with zero attached hydrogens (tertiary/aromatic N) is 1. The third-order valence-corrected chi connectivity index (χ3v) is 4.35. The first-order valence-corrected chi connectivity index (χ1v) is 7.71. The van der Waals surface area contributed by atoms with Crippen molar-refractivity contribution in [1.29, 1.82) is 0 Å². The fraction of sp³-hybridized carbons (Fsp3) is 0.368. The van der Waals surface area contributed by atoms with Crippen LogP contribution in [0.1, 0.15) is 29.5 Å². The molecular formula is C19H23NO. The highest BCUT2D eigenvalue weighted by molar-refractivity contribution is 5.64. The van der Waals surface area contributed by atoms with Crippen LogP contribution >= 0.6 is 0 Å². The summed E-state index contributed by atoms with van der Waals surface area (Å²) in [4.78, 5) is 2.26. The third-order valence-electron chi connectivity index (χ3n) is 4.35. The minimum absolute atomic E-state index is 0.669. The zero-order valence-corrected chi connectivity index (χ0v) is 12.9. The van der Waals surface area contributed by atoms with Gasteiger partial charge < -0.3 is 9.64 Å². The molecule has 0 N–H and O–H groups in total. The van der Waals surface area contributed by atoms with E-state index < -0.39 is 0 Å². The van der Waals surface area contributed by atoms with Crippen molar-refractivity contribution in [1.82, 2.24) is 0 Å². The first-order valence-electron chi connectivity index (χ1n) is 7.71. The molecule has 0 heterocycles. The molecule has 0 spiro atoms. The Morgan fingerprint density at radius 2 is 1.57 bits per heavy atom. The summed E-state index contributed by atoms with van der Waals surface area (Å²) >= 11 is 0. The molecular weight excluding hydrogens is 258 g/mol. The molecule has 0 atom stereocenters. The van der Waals surface area contributed by atoms with Gasteiger partial charge in [0.2, 0.25) is 0 Å². The van der Waals surface area contributed by atoms with Crippen LogP contribution in [0.2, 0.25) is 0 Å². The van der Waals surface area contributed by atoms with E-state index in [1.54, 1.807) is 7.11 Å². The smallest absolute Gasteiger partial charge is 0.0713 e. The fourth-order valence-corrected chi connectivity index (χ4v) is 3.06. The maximum absolute atomic E-state index is 5.16. The number of hydrogen-bond donors (Lipinski definition) is 0. The molecule has 2 nitrogen and oxygen atoms in total. The number of rotatable bonds is 4. The van der Waals surface area contributed by atoms with Crippen molar-refractivity contribution in [3.8, 4) is 0 Å². The van der Waals surface area contributed by atoms with Gasteiger partial charge in [-0.3, -0.25) is 0 Å². The van der Waals surface area contributed by atoms with Gasteiger partial charge in [0, 0.05) is 25.5 Å². The van der Waals surface area contributed by atoms with E-state index in [0.717, 1.165) is 0 Å². The molecule has 0 saturated heterocycles. The third kappa shape index (κ3) is 3.11. The highest BCUT2D eigenvalue weighted by atomic mass is 16.5. The minimum atomic E-state index is 0.669. The molecule has 0 aliphatic heterocycles. The van der Waals surface area contributed by atoms with Crippen LogP contribution in [0.3, 0.4) is 0 Å². The molecule has 2 aromatic rings. The number of methoxy groups -OCH3 is 1. The minimum Gasteiger partial charge on any atom is -0.380 e. The summed E-state index contributed by atoms with van der Waals surface area (Å²) in [6.45, 7) is 0.669. The van der Waals surface area contributed by atoms with Crippen LogP contribution in [0.15, 0.2) is 42.5 Å². The zero-order chi connectivity index (χ0) is 14.7. The average Bonchev–Trinajstić information content (AvgIpc) is 2.55. The topological polar surface area (TPSA) is 12.5 Å². The van der Waals surface area contributed by atoms with E-state index in [1.807, 2.05) is 0 Å². The van der Waals surface area contributed by atoms with Crippen LogP contribution in [0.4, 0.5) is 11.4 Å². The Balaban J connectivity index is 1.82. The number of ether oxygens (including phenoxy) is 1. The molecule has 1 aliphatic carbocycles. The standard InChI is InChI=1S/C19H23NO/c1-20(18-10-7-15(8-11-18)14-21-2)19-12-9-16-5-3-4-6-17(16)13-19/h7-13H,3-6,14H2,1-2H3. The molecule has 0 fully saturated rings.